The molecule has 0 fully saturated rings. The minimum absolute atomic E-state index is 0.236. The third-order valence-corrected chi connectivity index (χ3v) is 16.9. The van der Waals surface area contributed by atoms with E-state index in [1.807, 2.05) is 0 Å². The van der Waals surface area contributed by atoms with Crippen LogP contribution in [0.25, 0.3) is 11.1 Å². The van der Waals surface area contributed by atoms with E-state index in [-0.39, 0.29) is 11.8 Å². The maximum atomic E-state index is 2.41. The molecule has 0 aromatic heterocycles. The molecule has 12 rings (SSSR count). The van der Waals surface area contributed by atoms with Gasteiger partial charge in [-0.1, -0.05) is 309 Å². The predicted molar refractivity (Wildman–Crippen MR) is 340 cm³/mol. The zero-order valence-corrected chi connectivity index (χ0v) is 46.5. The van der Waals surface area contributed by atoms with Gasteiger partial charge in [0.2, 0.25) is 0 Å². The molecule has 0 saturated heterocycles. The van der Waals surface area contributed by atoms with Crippen molar-refractivity contribution in [2.24, 2.45) is 0 Å². The van der Waals surface area contributed by atoms with Crippen LogP contribution in [0, 0.1) is 13.8 Å². The summed E-state index contributed by atoms with van der Waals surface area (Å²) in [7, 11) is 0. The molecule has 0 spiro atoms. The molecule has 392 valence electrons. The van der Waals surface area contributed by atoms with Gasteiger partial charge in [-0.15, -0.1) is 0 Å². The molecule has 0 aliphatic heterocycles. The zero-order chi connectivity index (χ0) is 55.0. The summed E-state index contributed by atoms with van der Waals surface area (Å²) < 4.78 is 0. The topological polar surface area (TPSA) is 3.24 Å². The molecule has 0 N–H and O–H groups in total. The smallest absolute Gasteiger partial charge is 0.0701 e. The van der Waals surface area contributed by atoms with Gasteiger partial charge in [-0.3, -0.25) is 0 Å². The predicted octanol–water partition coefficient (Wildman–Crippen LogP) is 20.3. The van der Waals surface area contributed by atoms with E-state index in [1.165, 1.54) is 83.5 Å². The summed E-state index contributed by atoms with van der Waals surface area (Å²) in [5.74, 6) is 0.475. The number of rotatable bonds is 17. The van der Waals surface area contributed by atoms with Crippen molar-refractivity contribution in [1.82, 2.24) is 0 Å². The molecule has 2 atom stereocenters. The largest absolute Gasteiger partial charge is 0.311 e. The maximum Gasteiger partial charge on any atom is 0.0701 e. The minimum atomic E-state index is -0.526. The molecule has 1 nitrogen and oxygen atoms in total. The van der Waals surface area contributed by atoms with E-state index >= 15 is 0 Å². The van der Waals surface area contributed by atoms with E-state index in [1.54, 1.807) is 0 Å². The van der Waals surface area contributed by atoms with Crippen molar-refractivity contribution in [3.05, 3.63) is 400 Å². The van der Waals surface area contributed by atoms with Gasteiger partial charge in [0.25, 0.3) is 0 Å². The molecule has 2 unspecified atom stereocenters. The molecule has 81 heavy (non-hydrogen) atoms. The summed E-state index contributed by atoms with van der Waals surface area (Å²) in [6, 6.07) is 121. The first-order valence-electron chi connectivity index (χ1n) is 28.6. The summed E-state index contributed by atoms with van der Waals surface area (Å²) in [6.45, 7) is 6.73. The van der Waals surface area contributed by atoms with Crippen LogP contribution in [0.3, 0.4) is 0 Å². The second kappa shape index (κ2) is 23.4. The normalized spacial score (nSPS) is 12.3. The summed E-state index contributed by atoms with van der Waals surface area (Å²) in [5.41, 5.74) is 21.0. The van der Waals surface area contributed by atoms with Crippen molar-refractivity contribution in [3.63, 3.8) is 0 Å². The van der Waals surface area contributed by atoms with Crippen molar-refractivity contribution < 1.29 is 0 Å². The minimum Gasteiger partial charge on any atom is -0.311 e. The lowest BCUT2D eigenvalue weighted by Gasteiger charge is -2.37. The molecule has 0 bridgehead atoms. The molecule has 0 saturated carbocycles. The van der Waals surface area contributed by atoms with Crippen LogP contribution >= 0.6 is 0 Å². The van der Waals surface area contributed by atoms with Gasteiger partial charge in [0.15, 0.2) is 0 Å². The van der Waals surface area contributed by atoms with E-state index in [4.69, 9.17) is 0 Å². The van der Waals surface area contributed by atoms with Gasteiger partial charge >= 0.3 is 0 Å². The highest BCUT2D eigenvalue weighted by Crippen LogP contribution is 2.48. The Labute approximate surface area is 480 Å². The van der Waals surface area contributed by atoms with E-state index in [9.17, 15) is 0 Å². The maximum absolute atomic E-state index is 2.41. The molecule has 12 aromatic carbocycles. The molecule has 0 heterocycles. The number of hydrogen-bond acceptors (Lipinski definition) is 1. The molecular formula is C80H67N. The monoisotopic (exact) mass is 1040 g/mol. The summed E-state index contributed by atoms with van der Waals surface area (Å²) in [5, 5.41) is 0. The highest BCUT2D eigenvalue weighted by atomic mass is 15.1. The van der Waals surface area contributed by atoms with Gasteiger partial charge in [-0.05, 0) is 141 Å². The Morgan fingerprint density at radius 1 is 0.272 bits per heavy atom. The number of benzene rings is 12. The van der Waals surface area contributed by atoms with Crippen LogP contribution in [0.15, 0.2) is 328 Å². The van der Waals surface area contributed by atoms with Crippen molar-refractivity contribution in [3.8, 4) is 11.1 Å². The highest BCUT2D eigenvalue weighted by Gasteiger charge is 2.40. The van der Waals surface area contributed by atoms with Crippen LogP contribution in [0.2, 0.25) is 0 Å². The van der Waals surface area contributed by atoms with E-state index in [2.05, 4.69) is 353 Å². The fraction of sp³-hybridized carbons (Fsp3) is 0.100. The van der Waals surface area contributed by atoms with Crippen LogP contribution in [-0.4, -0.2) is 0 Å². The molecule has 0 aliphatic rings. The van der Waals surface area contributed by atoms with Crippen molar-refractivity contribution >= 4 is 17.1 Å². The molecule has 1 heteroatoms. The SMILES string of the molecule is Cc1ccc(CC(c2ccc(C(c3ccccc3)(c3ccccc3)c3ccccc3)cc2)C(C)c2ccc(-c3ccc(N(c4ccc(C)cc4)c4ccc(C(c5ccccc5)(c5ccccc5)c5ccccc5)cc4)cc3)cc2)cc1. The van der Waals surface area contributed by atoms with Crippen LogP contribution < -0.4 is 4.90 Å². The number of hydrogen-bond donors (Lipinski definition) is 0. The van der Waals surface area contributed by atoms with E-state index in [0.29, 0.717) is 0 Å². The van der Waals surface area contributed by atoms with Gasteiger partial charge in [-0.25, -0.2) is 0 Å². The fourth-order valence-corrected chi connectivity index (χ4v) is 12.7. The van der Waals surface area contributed by atoms with Gasteiger partial charge in [0, 0.05) is 17.1 Å². The Bertz CT molecular complexity index is 3700. The van der Waals surface area contributed by atoms with Gasteiger partial charge < -0.3 is 4.90 Å². The highest BCUT2D eigenvalue weighted by molar-refractivity contribution is 5.79. The Hall–Kier alpha value is -9.56. The Morgan fingerprint density at radius 3 is 0.877 bits per heavy atom. The molecule has 0 radical (unpaired) electrons. The van der Waals surface area contributed by atoms with Gasteiger partial charge in [0.1, 0.15) is 0 Å². The lowest BCUT2D eigenvalue weighted by Crippen LogP contribution is -2.31. The first kappa shape index (κ1) is 52.2. The van der Waals surface area contributed by atoms with Crippen LogP contribution in [-0.2, 0) is 17.3 Å². The Kier molecular flexibility index (Phi) is 15.1. The third-order valence-electron chi connectivity index (χ3n) is 16.9. The number of aryl methyl sites for hydroxylation is 2. The fourth-order valence-electron chi connectivity index (χ4n) is 12.7. The van der Waals surface area contributed by atoms with E-state index < -0.39 is 10.8 Å². The standard InChI is InChI=1S/C80H67N/c1-59-34-38-62(39-35-59)58-78(66-44-48-73(49-45-66)79(67-22-10-4-11-23-67,68-24-12-5-13-25-68)69-26-14-6-15-27-69)61(3)63-40-42-64(43-41-63)65-46-54-76(55-47-65)81(75-52-36-60(2)37-53-75)77-56-50-74(51-57-77)80(70-28-16-7-17-29-70,71-30-18-8-19-31-71)72-32-20-9-21-33-72/h4-57,61,78H,58H2,1-3H3. The molecule has 0 amide bonds. The van der Waals surface area contributed by atoms with Crippen LogP contribution in [0.4, 0.5) is 17.1 Å². The average Bonchev–Trinajstić information content (AvgIpc) is 3.73. The lowest BCUT2D eigenvalue weighted by atomic mass is 9.65. The molecular weight excluding hydrogens is 975 g/mol. The Balaban J connectivity index is 0.861. The summed E-state index contributed by atoms with van der Waals surface area (Å²) >= 11 is 0. The van der Waals surface area contributed by atoms with Gasteiger partial charge in [0.05, 0.1) is 10.8 Å². The molecule has 12 aromatic rings. The summed E-state index contributed by atoms with van der Waals surface area (Å²) in [6.07, 6.45) is 0.930. The second-order valence-corrected chi connectivity index (χ2v) is 21.8. The number of anilines is 3. The third kappa shape index (κ3) is 10.4. The Morgan fingerprint density at radius 2 is 0.531 bits per heavy atom. The van der Waals surface area contributed by atoms with Crippen LogP contribution in [0.1, 0.15) is 91.1 Å². The van der Waals surface area contributed by atoms with E-state index in [0.717, 1.165) is 23.5 Å². The first-order valence-corrected chi connectivity index (χ1v) is 28.6. The van der Waals surface area contributed by atoms with Crippen LogP contribution in [0.5, 0.6) is 0 Å². The van der Waals surface area contributed by atoms with Gasteiger partial charge in [-0.2, -0.15) is 0 Å². The zero-order valence-electron chi connectivity index (χ0n) is 46.5. The van der Waals surface area contributed by atoms with Crippen molar-refractivity contribution in [2.75, 3.05) is 4.90 Å². The lowest BCUT2D eigenvalue weighted by molar-refractivity contribution is 0.572. The number of nitrogens with zero attached hydrogens (tertiary/aromatic N) is 1. The molecule has 0 aliphatic carbocycles. The second-order valence-electron chi connectivity index (χ2n) is 21.8. The summed E-state index contributed by atoms with van der Waals surface area (Å²) in [4.78, 5) is 2.37. The first-order chi connectivity index (χ1) is 39.9. The average molecular weight is 1040 g/mol. The van der Waals surface area contributed by atoms with Crippen molar-refractivity contribution in [2.45, 2.75) is 49.9 Å². The van der Waals surface area contributed by atoms with Crippen molar-refractivity contribution in [1.29, 1.82) is 0 Å². The quantitative estimate of drug-likeness (QED) is 0.0822.